The fourth-order valence-electron chi connectivity index (χ4n) is 2.52. The van der Waals surface area contributed by atoms with Gasteiger partial charge in [0.2, 0.25) is 0 Å². The fraction of sp³-hybridized carbons (Fsp3) is 0.136. The molecule has 0 aromatic heterocycles. The molecule has 0 bridgehead atoms. The standard InChI is InChI=1S/C22H22NO3P/c24-23-20(17-16-19-10-4-1-5-11-19)18-27(25-21-12-6-2-7-13-21)26-22-14-8-3-9-15-22/h1-15,24H,16-18H2. The third-order valence-electron chi connectivity index (χ3n) is 3.90. The monoisotopic (exact) mass is 379 g/mol. The molecule has 0 aliphatic heterocycles. The minimum atomic E-state index is -1.33. The summed E-state index contributed by atoms with van der Waals surface area (Å²) in [6, 6.07) is 29.3. The number of hydrogen-bond acceptors (Lipinski definition) is 4. The highest BCUT2D eigenvalue weighted by molar-refractivity contribution is 7.49. The van der Waals surface area contributed by atoms with Gasteiger partial charge in [0.1, 0.15) is 11.5 Å². The fourth-order valence-corrected chi connectivity index (χ4v) is 3.92. The molecule has 138 valence electrons. The lowest BCUT2D eigenvalue weighted by Crippen LogP contribution is -2.11. The first-order valence-electron chi connectivity index (χ1n) is 8.81. The van der Waals surface area contributed by atoms with E-state index in [-0.39, 0.29) is 0 Å². The molecule has 0 fully saturated rings. The summed E-state index contributed by atoms with van der Waals surface area (Å²) in [6.45, 7) is 0. The number of rotatable bonds is 9. The first-order chi connectivity index (χ1) is 13.3. The second kappa shape index (κ2) is 10.3. The first-order valence-corrected chi connectivity index (χ1v) is 10.2. The summed E-state index contributed by atoms with van der Waals surface area (Å²) in [6.07, 6.45) is 1.89. The molecule has 5 heteroatoms. The first kappa shape index (κ1) is 18.9. The molecule has 0 aliphatic rings. The van der Waals surface area contributed by atoms with Gasteiger partial charge >= 0.3 is 0 Å². The van der Waals surface area contributed by atoms with Crippen LogP contribution in [0.3, 0.4) is 0 Å². The highest BCUT2D eigenvalue weighted by atomic mass is 31.2. The van der Waals surface area contributed by atoms with E-state index >= 15 is 0 Å². The second-order valence-electron chi connectivity index (χ2n) is 5.95. The lowest BCUT2D eigenvalue weighted by Gasteiger charge is -2.19. The maximum absolute atomic E-state index is 9.47. The Morgan fingerprint density at radius 1 is 0.741 bits per heavy atom. The van der Waals surface area contributed by atoms with Crippen LogP contribution in [-0.4, -0.2) is 17.1 Å². The van der Waals surface area contributed by atoms with Crippen LogP contribution in [0.25, 0.3) is 0 Å². The van der Waals surface area contributed by atoms with Gasteiger partial charge in [-0.15, -0.1) is 0 Å². The third kappa shape index (κ3) is 6.43. The minimum Gasteiger partial charge on any atom is -0.438 e. The predicted octanol–water partition coefficient (Wildman–Crippen LogP) is 5.92. The van der Waals surface area contributed by atoms with Crippen molar-refractivity contribution in [1.29, 1.82) is 0 Å². The lowest BCUT2D eigenvalue weighted by molar-refractivity contribution is 0.317. The summed E-state index contributed by atoms with van der Waals surface area (Å²) in [5.74, 6) is 1.47. The molecule has 0 saturated heterocycles. The Hall–Kier alpha value is -2.84. The number of hydrogen-bond donors (Lipinski definition) is 1. The van der Waals surface area contributed by atoms with Crippen LogP contribution in [0.1, 0.15) is 12.0 Å². The zero-order chi connectivity index (χ0) is 18.7. The van der Waals surface area contributed by atoms with E-state index in [1.165, 1.54) is 5.56 Å². The summed E-state index contributed by atoms with van der Waals surface area (Å²) in [5.41, 5.74) is 1.87. The Labute approximate surface area is 161 Å². The van der Waals surface area contributed by atoms with Gasteiger partial charge in [-0.2, -0.15) is 0 Å². The SMILES string of the molecule is ON=C(CCc1ccccc1)CP(Oc1ccccc1)Oc1ccccc1. The van der Waals surface area contributed by atoms with Crippen LogP contribution in [0, 0.1) is 0 Å². The van der Waals surface area contributed by atoms with Crippen molar-refractivity contribution in [1.82, 2.24) is 0 Å². The van der Waals surface area contributed by atoms with Crippen molar-refractivity contribution in [2.45, 2.75) is 12.8 Å². The van der Waals surface area contributed by atoms with Gasteiger partial charge in [-0.3, -0.25) is 0 Å². The second-order valence-corrected chi connectivity index (χ2v) is 7.30. The molecule has 4 nitrogen and oxygen atoms in total. The van der Waals surface area contributed by atoms with Gasteiger partial charge in [0.15, 0.2) is 0 Å². The van der Waals surface area contributed by atoms with Gasteiger partial charge in [-0.1, -0.05) is 71.9 Å². The van der Waals surface area contributed by atoms with E-state index < -0.39 is 8.38 Å². The maximum atomic E-state index is 9.47. The predicted molar refractivity (Wildman–Crippen MR) is 110 cm³/mol. The van der Waals surface area contributed by atoms with Crippen molar-refractivity contribution in [2.24, 2.45) is 5.16 Å². The molecule has 0 unspecified atom stereocenters. The van der Waals surface area contributed by atoms with E-state index in [9.17, 15) is 5.21 Å². The maximum Gasteiger partial charge on any atom is 0.296 e. The summed E-state index contributed by atoms with van der Waals surface area (Å²) < 4.78 is 12.1. The summed E-state index contributed by atoms with van der Waals surface area (Å²) in [5, 5.41) is 13.0. The minimum absolute atomic E-state index is 0.433. The van der Waals surface area contributed by atoms with Gasteiger partial charge in [0.25, 0.3) is 8.38 Å². The molecule has 3 aromatic carbocycles. The molecule has 1 N–H and O–H groups in total. The molecule has 0 spiro atoms. The van der Waals surface area contributed by atoms with Crippen LogP contribution in [0.15, 0.2) is 96.2 Å². The van der Waals surface area contributed by atoms with Gasteiger partial charge in [0, 0.05) is 0 Å². The Bertz CT molecular complexity index is 784. The van der Waals surface area contributed by atoms with Gasteiger partial charge < -0.3 is 14.3 Å². The van der Waals surface area contributed by atoms with Gasteiger partial charge in [-0.25, -0.2) is 0 Å². The summed E-state index contributed by atoms with van der Waals surface area (Å²) in [7, 11) is -1.33. The Morgan fingerprint density at radius 2 is 1.22 bits per heavy atom. The number of benzene rings is 3. The largest absolute Gasteiger partial charge is 0.438 e. The molecule has 3 rings (SSSR count). The van der Waals surface area contributed by atoms with E-state index in [2.05, 4.69) is 17.3 Å². The molecule has 0 amide bonds. The van der Waals surface area contributed by atoms with E-state index in [1.807, 2.05) is 78.9 Å². The molecule has 0 radical (unpaired) electrons. The Kier molecular flexibility index (Phi) is 7.25. The zero-order valence-corrected chi connectivity index (χ0v) is 15.8. The van der Waals surface area contributed by atoms with E-state index in [4.69, 9.17) is 9.05 Å². The van der Waals surface area contributed by atoms with E-state index in [0.717, 1.165) is 17.9 Å². The lowest BCUT2D eigenvalue weighted by atomic mass is 10.1. The van der Waals surface area contributed by atoms with Crippen molar-refractivity contribution < 1.29 is 14.3 Å². The molecule has 3 aromatic rings. The van der Waals surface area contributed by atoms with Crippen LogP contribution in [0.2, 0.25) is 0 Å². The van der Waals surface area contributed by atoms with Crippen LogP contribution < -0.4 is 9.05 Å². The molecular formula is C22H22NO3P. The van der Waals surface area contributed by atoms with Crippen LogP contribution in [-0.2, 0) is 6.42 Å². The zero-order valence-electron chi connectivity index (χ0n) is 14.9. The number of para-hydroxylation sites is 2. The van der Waals surface area contributed by atoms with Gasteiger partial charge in [0.05, 0.1) is 11.9 Å². The molecule has 0 heterocycles. The highest BCUT2D eigenvalue weighted by Gasteiger charge is 2.19. The summed E-state index contributed by atoms with van der Waals surface area (Å²) >= 11 is 0. The number of aryl methyl sites for hydroxylation is 1. The van der Waals surface area contributed by atoms with E-state index in [1.54, 1.807) is 0 Å². The van der Waals surface area contributed by atoms with Crippen molar-refractivity contribution in [3.8, 4) is 11.5 Å². The van der Waals surface area contributed by atoms with Crippen molar-refractivity contribution in [3.05, 3.63) is 96.6 Å². The molecular weight excluding hydrogens is 357 g/mol. The molecule has 0 aliphatic carbocycles. The Morgan fingerprint density at radius 3 is 1.70 bits per heavy atom. The Balaban J connectivity index is 1.66. The van der Waals surface area contributed by atoms with Crippen LogP contribution in [0.5, 0.6) is 11.5 Å². The number of oxime groups is 1. The molecule has 0 saturated carbocycles. The van der Waals surface area contributed by atoms with E-state index in [0.29, 0.717) is 18.3 Å². The average molecular weight is 379 g/mol. The molecule has 0 atom stereocenters. The van der Waals surface area contributed by atoms with Crippen LogP contribution >= 0.6 is 8.38 Å². The average Bonchev–Trinajstić information content (AvgIpc) is 2.73. The van der Waals surface area contributed by atoms with Crippen molar-refractivity contribution >= 4 is 14.1 Å². The summed E-state index contributed by atoms with van der Waals surface area (Å²) in [4.78, 5) is 0. The topological polar surface area (TPSA) is 51.1 Å². The molecule has 27 heavy (non-hydrogen) atoms. The van der Waals surface area contributed by atoms with Gasteiger partial charge in [-0.05, 0) is 42.7 Å². The van der Waals surface area contributed by atoms with Crippen LogP contribution in [0.4, 0.5) is 0 Å². The normalized spacial score (nSPS) is 11.4. The number of nitrogens with zero attached hydrogens (tertiary/aromatic N) is 1. The van der Waals surface area contributed by atoms with Crippen molar-refractivity contribution in [3.63, 3.8) is 0 Å². The van der Waals surface area contributed by atoms with Crippen molar-refractivity contribution in [2.75, 3.05) is 6.16 Å². The smallest absolute Gasteiger partial charge is 0.296 e. The third-order valence-corrected chi connectivity index (χ3v) is 5.35. The highest BCUT2D eigenvalue weighted by Crippen LogP contribution is 2.40. The quantitative estimate of drug-likeness (QED) is 0.217.